The number of Topliss-reactive ketones (excluding diaryl/α,β-unsaturated/α-hetero) is 1. The third-order valence-corrected chi connectivity index (χ3v) is 4.44. The monoisotopic (exact) mass is 283 g/mol. The van der Waals surface area contributed by atoms with Gasteiger partial charge in [-0.3, -0.25) is 15.4 Å². The minimum Gasteiger partial charge on any atom is -0.339 e. The van der Waals surface area contributed by atoms with Crippen LogP contribution in [-0.4, -0.2) is 47.3 Å². The van der Waals surface area contributed by atoms with Crippen LogP contribution in [0.15, 0.2) is 0 Å². The number of amides is 1. The SMILES string of the molecule is CC.CC(=O)C1CCN(C(=O)C2CCN(N)CC2)C1C. The van der Waals surface area contributed by atoms with Crippen LogP contribution < -0.4 is 5.84 Å². The number of nitrogens with zero attached hydrogens (tertiary/aromatic N) is 2. The molecule has 2 rings (SSSR count). The maximum Gasteiger partial charge on any atom is 0.226 e. The van der Waals surface area contributed by atoms with Crippen LogP contribution in [0, 0.1) is 11.8 Å². The number of carbonyl (C=O) groups is 2. The van der Waals surface area contributed by atoms with E-state index < -0.39 is 0 Å². The van der Waals surface area contributed by atoms with Crippen molar-refractivity contribution in [1.82, 2.24) is 9.91 Å². The molecule has 0 spiro atoms. The predicted molar refractivity (Wildman–Crippen MR) is 79.8 cm³/mol. The van der Waals surface area contributed by atoms with E-state index in [0.717, 1.165) is 38.9 Å². The summed E-state index contributed by atoms with van der Waals surface area (Å²) in [7, 11) is 0. The number of hydrogen-bond donors (Lipinski definition) is 1. The highest BCUT2D eigenvalue weighted by molar-refractivity contribution is 5.83. The highest BCUT2D eigenvalue weighted by Crippen LogP contribution is 2.28. The molecule has 2 heterocycles. The molecule has 1 amide bonds. The summed E-state index contributed by atoms with van der Waals surface area (Å²) in [6, 6.07) is 0.0610. The van der Waals surface area contributed by atoms with Crippen molar-refractivity contribution in [2.45, 2.75) is 53.0 Å². The van der Waals surface area contributed by atoms with E-state index in [2.05, 4.69) is 0 Å². The zero-order valence-corrected chi connectivity index (χ0v) is 13.3. The first-order chi connectivity index (χ1) is 9.50. The second-order valence-electron chi connectivity index (χ2n) is 5.59. The Morgan fingerprint density at radius 1 is 1.05 bits per heavy atom. The lowest BCUT2D eigenvalue weighted by molar-refractivity contribution is -0.138. The molecule has 0 saturated carbocycles. The van der Waals surface area contributed by atoms with Crippen molar-refractivity contribution in [3.63, 3.8) is 0 Å². The summed E-state index contributed by atoms with van der Waals surface area (Å²) < 4.78 is 0. The van der Waals surface area contributed by atoms with E-state index in [1.807, 2.05) is 25.7 Å². The fraction of sp³-hybridized carbons (Fsp3) is 0.867. The van der Waals surface area contributed by atoms with Crippen molar-refractivity contribution in [1.29, 1.82) is 0 Å². The van der Waals surface area contributed by atoms with Crippen molar-refractivity contribution in [3.8, 4) is 0 Å². The van der Waals surface area contributed by atoms with Gasteiger partial charge < -0.3 is 4.90 Å². The van der Waals surface area contributed by atoms with Crippen molar-refractivity contribution >= 4 is 11.7 Å². The third kappa shape index (κ3) is 3.79. The van der Waals surface area contributed by atoms with Gasteiger partial charge in [-0.25, -0.2) is 5.01 Å². The van der Waals surface area contributed by atoms with E-state index in [1.165, 1.54) is 0 Å². The van der Waals surface area contributed by atoms with Gasteiger partial charge in [-0.15, -0.1) is 0 Å². The van der Waals surface area contributed by atoms with Crippen LogP contribution in [-0.2, 0) is 9.59 Å². The molecular weight excluding hydrogens is 254 g/mol. The summed E-state index contributed by atoms with van der Waals surface area (Å²) in [4.78, 5) is 25.8. The normalized spacial score (nSPS) is 27.9. The maximum atomic E-state index is 12.4. The molecular formula is C15H29N3O2. The molecule has 5 heteroatoms. The highest BCUT2D eigenvalue weighted by Gasteiger charge is 2.39. The average molecular weight is 283 g/mol. The fourth-order valence-electron chi connectivity index (χ4n) is 3.17. The van der Waals surface area contributed by atoms with Crippen LogP contribution in [0.4, 0.5) is 0 Å². The van der Waals surface area contributed by atoms with E-state index in [-0.39, 0.29) is 29.6 Å². The van der Waals surface area contributed by atoms with Gasteiger partial charge in [0, 0.05) is 37.5 Å². The largest absolute Gasteiger partial charge is 0.339 e. The molecule has 0 aromatic carbocycles. The lowest BCUT2D eigenvalue weighted by atomic mass is 9.94. The van der Waals surface area contributed by atoms with Crippen LogP contribution in [0.2, 0.25) is 0 Å². The van der Waals surface area contributed by atoms with Gasteiger partial charge in [-0.05, 0) is 33.1 Å². The molecule has 0 aromatic heterocycles. The Morgan fingerprint density at radius 3 is 2.05 bits per heavy atom. The topological polar surface area (TPSA) is 66.6 Å². The minimum absolute atomic E-state index is 0.0311. The van der Waals surface area contributed by atoms with Crippen LogP contribution >= 0.6 is 0 Å². The van der Waals surface area contributed by atoms with Gasteiger partial charge in [-0.1, -0.05) is 13.8 Å². The first kappa shape index (κ1) is 17.1. The lowest BCUT2D eigenvalue weighted by Gasteiger charge is -2.32. The van der Waals surface area contributed by atoms with Crippen LogP contribution in [0.3, 0.4) is 0 Å². The van der Waals surface area contributed by atoms with Gasteiger partial charge in [-0.2, -0.15) is 0 Å². The zero-order valence-electron chi connectivity index (χ0n) is 13.3. The lowest BCUT2D eigenvalue weighted by Crippen LogP contribution is -2.46. The van der Waals surface area contributed by atoms with E-state index >= 15 is 0 Å². The summed E-state index contributed by atoms with van der Waals surface area (Å²) >= 11 is 0. The van der Waals surface area contributed by atoms with Crippen molar-refractivity contribution < 1.29 is 9.59 Å². The molecule has 2 unspecified atom stereocenters. The Hall–Kier alpha value is -0.940. The number of rotatable bonds is 2. The molecule has 0 bridgehead atoms. The quantitative estimate of drug-likeness (QED) is 0.778. The Bertz CT molecular complexity index is 338. The second kappa shape index (κ2) is 7.74. The van der Waals surface area contributed by atoms with Crippen LogP contribution in [0.5, 0.6) is 0 Å². The van der Waals surface area contributed by atoms with Crippen LogP contribution in [0.1, 0.15) is 47.0 Å². The Labute approximate surface area is 122 Å². The molecule has 2 N–H and O–H groups in total. The van der Waals surface area contributed by atoms with Crippen LogP contribution in [0.25, 0.3) is 0 Å². The maximum absolute atomic E-state index is 12.4. The number of hydrogen-bond acceptors (Lipinski definition) is 4. The summed E-state index contributed by atoms with van der Waals surface area (Å²) in [5.74, 6) is 6.25. The van der Waals surface area contributed by atoms with E-state index in [4.69, 9.17) is 5.84 Å². The molecule has 5 nitrogen and oxygen atoms in total. The third-order valence-electron chi connectivity index (χ3n) is 4.44. The van der Waals surface area contributed by atoms with E-state index in [9.17, 15) is 9.59 Å². The van der Waals surface area contributed by atoms with E-state index in [0.29, 0.717) is 0 Å². The Balaban J connectivity index is 0.000000956. The first-order valence-corrected chi connectivity index (χ1v) is 7.81. The Kier molecular flexibility index (Phi) is 6.62. The molecule has 2 fully saturated rings. The first-order valence-electron chi connectivity index (χ1n) is 7.81. The molecule has 0 aromatic rings. The van der Waals surface area contributed by atoms with Gasteiger partial charge in [0.05, 0.1) is 0 Å². The number of nitrogens with two attached hydrogens (primary N) is 1. The van der Waals surface area contributed by atoms with Gasteiger partial charge in [0.2, 0.25) is 5.91 Å². The standard InChI is InChI=1S/C13H23N3O2.C2H6/c1-9-12(10(2)17)5-8-16(9)13(18)11-3-6-15(14)7-4-11;1-2/h9,11-12H,3-8,14H2,1-2H3;1-2H3. The van der Waals surface area contributed by atoms with Gasteiger partial charge in [0.1, 0.15) is 5.78 Å². The van der Waals surface area contributed by atoms with Gasteiger partial charge in [0.25, 0.3) is 0 Å². The van der Waals surface area contributed by atoms with Crippen molar-refractivity contribution in [2.24, 2.45) is 17.7 Å². The molecule has 2 atom stereocenters. The number of ketones is 1. The van der Waals surface area contributed by atoms with Crippen molar-refractivity contribution in [2.75, 3.05) is 19.6 Å². The highest BCUT2D eigenvalue weighted by atomic mass is 16.2. The van der Waals surface area contributed by atoms with Gasteiger partial charge in [0.15, 0.2) is 0 Å². The second-order valence-corrected chi connectivity index (χ2v) is 5.59. The smallest absolute Gasteiger partial charge is 0.226 e. The average Bonchev–Trinajstić information content (AvgIpc) is 2.83. The molecule has 0 aliphatic carbocycles. The van der Waals surface area contributed by atoms with Crippen molar-refractivity contribution in [3.05, 3.63) is 0 Å². The van der Waals surface area contributed by atoms with E-state index in [1.54, 1.807) is 11.9 Å². The molecule has 2 saturated heterocycles. The molecule has 2 aliphatic rings. The number of piperidine rings is 1. The Morgan fingerprint density at radius 2 is 1.60 bits per heavy atom. The summed E-state index contributed by atoms with van der Waals surface area (Å²) in [5.41, 5.74) is 0. The van der Waals surface area contributed by atoms with Gasteiger partial charge >= 0.3 is 0 Å². The molecule has 20 heavy (non-hydrogen) atoms. The molecule has 0 radical (unpaired) electrons. The zero-order chi connectivity index (χ0) is 15.3. The minimum atomic E-state index is 0.0311. The summed E-state index contributed by atoms with van der Waals surface area (Å²) in [5, 5.41) is 1.77. The number of carbonyl (C=O) groups excluding carboxylic acids is 2. The predicted octanol–water partition coefficient (Wildman–Crippen LogP) is 1.42. The summed E-state index contributed by atoms with van der Waals surface area (Å²) in [6.45, 7) is 9.92. The fourth-order valence-corrected chi connectivity index (χ4v) is 3.17. The molecule has 116 valence electrons. The number of likely N-dealkylation sites (tertiary alicyclic amines) is 1. The molecule has 2 aliphatic heterocycles. The number of hydrazine groups is 1. The summed E-state index contributed by atoms with van der Waals surface area (Å²) in [6.07, 6.45) is 2.49.